The number of anilines is 1. The number of nitrogens with two attached hydrogens (primary N) is 1. The van der Waals surface area contributed by atoms with E-state index in [0.29, 0.717) is 30.2 Å². The summed E-state index contributed by atoms with van der Waals surface area (Å²) in [4.78, 5) is 12.9. The number of hydrogen-bond acceptors (Lipinski definition) is 7. The highest BCUT2D eigenvalue weighted by Crippen LogP contribution is 2.34. The Hall–Kier alpha value is -2.02. The fraction of sp³-hybridized carbons (Fsp3) is 0.571. The Kier molecular flexibility index (Phi) is 3.83. The quantitative estimate of drug-likeness (QED) is 0.864. The van der Waals surface area contributed by atoms with Gasteiger partial charge in [0.15, 0.2) is 5.82 Å². The van der Waals surface area contributed by atoms with E-state index in [1.165, 1.54) is 0 Å². The zero-order valence-corrected chi connectivity index (χ0v) is 12.3. The summed E-state index contributed by atoms with van der Waals surface area (Å²) in [6, 6.07) is 2.29. The molecule has 1 aliphatic rings. The largest absolute Gasteiger partial charge is 0.363 e. The van der Waals surface area contributed by atoms with E-state index in [1.807, 2.05) is 19.9 Å². The topological polar surface area (TPSA) is 103 Å². The van der Waals surface area contributed by atoms with Gasteiger partial charge in [0.25, 0.3) is 0 Å². The second-order valence-electron chi connectivity index (χ2n) is 5.81. The second kappa shape index (κ2) is 5.77. The molecule has 3 rings (SSSR count). The first-order valence-corrected chi connectivity index (χ1v) is 7.25. The minimum atomic E-state index is 0.236. The maximum atomic E-state index is 5.82. The third kappa shape index (κ3) is 3.18. The average Bonchev–Trinajstić information content (AvgIpc) is 2.91. The summed E-state index contributed by atoms with van der Waals surface area (Å²) in [5.74, 6) is 2.75. The lowest BCUT2D eigenvalue weighted by Crippen LogP contribution is -2.35. The van der Waals surface area contributed by atoms with Gasteiger partial charge in [-0.3, -0.25) is 0 Å². The first kappa shape index (κ1) is 13.9. The molecule has 3 N–H and O–H groups in total. The van der Waals surface area contributed by atoms with Crippen molar-refractivity contribution < 1.29 is 4.52 Å². The van der Waals surface area contributed by atoms with Crippen molar-refractivity contribution in [1.29, 1.82) is 0 Å². The normalized spacial score (nSPS) is 21.3. The van der Waals surface area contributed by atoms with Gasteiger partial charge in [0.2, 0.25) is 5.89 Å². The van der Waals surface area contributed by atoms with Gasteiger partial charge in [-0.2, -0.15) is 4.98 Å². The van der Waals surface area contributed by atoms with Crippen LogP contribution in [0.5, 0.6) is 0 Å². The Morgan fingerprint density at radius 2 is 2.19 bits per heavy atom. The maximum absolute atomic E-state index is 5.82. The molecular weight excluding hydrogens is 268 g/mol. The highest BCUT2D eigenvalue weighted by molar-refractivity contribution is 5.36. The van der Waals surface area contributed by atoms with Gasteiger partial charge in [0.05, 0.1) is 6.54 Å². The molecule has 0 atom stereocenters. The lowest BCUT2D eigenvalue weighted by atomic mass is 9.79. The van der Waals surface area contributed by atoms with Crippen LogP contribution in [-0.4, -0.2) is 26.2 Å². The summed E-state index contributed by atoms with van der Waals surface area (Å²) in [7, 11) is 0. The van der Waals surface area contributed by atoms with Crippen LogP contribution in [-0.2, 0) is 6.54 Å². The lowest BCUT2D eigenvalue weighted by molar-refractivity contribution is 0.345. The van der Waals surface area contributed by atoms with Gasteiger partial charge < -0.3 is 15.6 Å². The standard InChI is InChI=1S/C14H20N6O/c1-8(2)14-19-13(20-21-14)6-16-12-5-11(17-7-18-12)9-3-10(15)4-9/h5,7-10H,3-4,6,15H2,1-2H3,(H,16,17,18). The first-order chi connectivity index (χ1) is 10.1. The van der Waals surface area contributed by atoms with Gasteiger partial charge in [0.1, 0.15) is 12.1 Å². The minimum Gasteiger partial charge on any atom is -0.363 e. The molecule has 1 fully saturated rings. The molecule has 112 valence electrons. The summed E-state index contributed by atoms with van der Waals surface area (Å²) in [6.45, 7) is 4.52. The van der Waals surface area contributed by atoms with E-state index < -0.39 is 0 Å². The first-order valence-electron chi connectivity index (χ1n) is 7.25. The van der Waals surface area contributed by atoms with E-state index >= 15 is 0 Å². The molecule has 0 amide bonds. The zero-order valence-electron chi connectivity index (χ0n) is 12.3. The molecule has 0 spiro atoms. The van der Waals surface area contributed by atoms with Crippen LogP contribution in [0.25, 0.3) is 0 Å². The summed E-state index contributed by atoms with van der Waals surface area (Å²) < 4.78 is 5.17. The molecule has 0 saturated heterocycles. The highest BCUT2D eigenvalue weighted by atomic mass is 16.5. The molecule has 2 aromatic heterocycles. The van der Waals surface area contributed by atoms with Crippen molar-refractivity contribution in [2.75, 3.05) is 5.32 Å². The zero-order chi connectivity index (χ0) is 14.8. The van der Waals surface area contributed by atoms with Crippen molar-refractivity contribution in [2.24, 2.45) is 5.73 Å². The smallest absolute Gasteiger partial charge is 0.229 e. The molecule has 0 unspecified atom stereocenters. The van der Waals surface area contributed by atoms with Crippen LogP contribution in [0.3, 0.4) is 0 Å². The number of aromatic nitrogens is 4. The molecule has 2 heterocycles. The molecule has 0 radical (unpaired) electrons. The number of nitrogens with one attached hydrogen (secondary N) is 1. The molecule has 0 aromatic carbocycles. The maximum Gasteiger partial charge on any atom is 0.229 e. The molecule has 21 heavy (non-hydrogen) atoms. The van der Waals surface area contributed by atoms with Crippen molar-refractivity contribution in [1.82, 2.24) is 20.1 Å². The summed E-state index contributed by atoms with van der Waals surface area (Å²) in [6.07, 6.45) is 3.58. The van der Waals surface area contributed by atoms with E-state index in [4.69, 9.17) is 10.3 Å². The van der Waals surface area contributed by atoms with E-state index in [1.54, 1.807) is 6.33 Å². The van der Waals surface area contributed by atoms with Gasteiger partial charge in [-0.15, -0.1) is 0 Å². The molecule has 7 nitrogen and oxygen atoms in total. The Balaban J connectivity index is 1.61. The lowest BCUT2D eigenvalue weighted by Gasteiger charge is -2.31. The Morgan fingerprint density at radius 3 is 2.86 bits per heavy atom. The predicted molar refractivity (Wildman–Crippen MR) is 77.7 cm³/mol. The SMILES string of the molecule is CC(C)c1nc(CNc2cc(C3CC(N)C3)ncn2)no1. The molecule has 1 saturated carbocycles. The van der Waals surface area contributed by atoms with Crippen LogP contribution in [0, 0.1) is 0 Å². The molecule has 7 heteroatoms. The molecule has 0 aliphatic heterocycles. The van der Waals surface area contributed by atoms with Crippen LogP contribution in [0.1, 0.15) is 55.9 Å². The summed E-state index contributed by atoms with van der Waals surface area (Å²) >= 11 is 0. The van der Waals surface area contributed by atoms with Crippen LogP contribution in [0.15, 0.2) is 16.9 Å². The van der Waals surface area contributed by atoms with Crippen LogP contribution < -0.4 is 11.1 Å². The molecular formula is C14H20N6O. The highest BCUT2D eigenvalue weighted by Gasteiger charge is 2.28. The fourth-order valence-electron chi connectivity index (χ4n) is 2.34. The van der Waals surface area contributed by atoms with Crippen LogP contribution in [0.4, 0.5) is 5.82 Å². The van der Waals surface area contributed by atoms with Gasteiger partial charge in [-0.25, -0.2) is 9.97 Å². The van der Waals surface area contributed by atoms with E-state index in [2.05, 4.69) is 25.4 Å². The molecule has 0 bridgehead atoms. The van der Waals surface area contributed by atoms with E-state index in [9.17, 15) is 0 Å². The number of nitrogens with zero attached hydrogens (tertiary/aromatic N) is 4. The summed E-state index contributed by atoms with van der Waals surface area (Å²) in [5, 5.41) is 7.14. The predicted octanol–water partition coefficient (Wildman–Crippen LogP) is 1.80. The summed E-state index contributed by atoms with van der Waals surface area (Å²) in [5.41, 5.74) is 6.87. The van der Waals surface area contributed by atoms with Gasteiger partial charge in [-0.1, -0.05) is 19.0 Å². The van der Waals surface area contributed by atoms with Crippen molar-refractivity contribution in [3.63, 3.8) is 0 Å². The van der Waals surface area contributed by atoms with Gasteiger partial charge >= 0.3 is 0 Å². The van der Waals surface area contributed by atoms with E-state index in [-0.39, 0.29) is 5.92 Å². The second-order valence-corrected chi connectivity index (χ2v) is 5.81. The number of rotatable bonds is 5. The third-order valence-corrected chi connectivity index (χ3v) is 3.69. The molecule has 2 aromatic rings. The van der Waals surface area contributed by atoms with Crippen LogP contribution >= 0.6 is 0 Å². The average molecular weight is 288 g/mol. The Bertz CT molecular complexity index is 605. The van der Waals surface area contributed by atoms with Crippen molar-refractivity contribution >= 4 is 5.82 Å². The third-order valence-electron chi connectivity index (χ3n) is 3.69. The van der Waals surface area contributed by atoms with Crippen molar-refractivity contribution in [3.8, 4) is 0 Å². The van der Waals surface area contributed by atoms with Gasteiger partial charge in [-0.05, 0) is 12.8 Å². The van der Waals surface area contributed by atoms with Crippen LogP contribution in [0.2, 0.25) is 0 Å². The number of hydrogen-bond donors (Lipinski definition) is 2. The monoisotopic (exact) mass is 288 g/mol. The van der Waals surface area contributed by atoms with Crippen molar-refractivity contribution in [3.05, 3.63) is 29.8 Å². The Morgan fingerprint density at radius 1 is 1.38 bits per heavy atom. The molecule has 1 aliphatic carbocycles. The van der Waals surface area contributed by atoms with E-state index in [0.717, 1.165) is 24.4 Å². The fourth-order valence-corrected chi connectivity index (χ4v) is 2.34. The van der Waals surface area contributed by atoms with Gasteiger partial charge in [0, 0.05) is 29.6 Å². The van der Waals surface area contributed by atoms with Crippen molar-refractivity contribution in [2.45, 2.75) is 51.1 Å². The Labute approximate surface area is 123 Å². The minimum absolute atomic E-state index is 0.236.